The highest BCUT2D eigenvalue weighted by Gasteiger charge is 2.13. The summed E-state index contributed by atoms with van der Waals surface area (Å²) in [5, 5.41) is 13.1. The number of hydrogen-bond donors (Lipinski definition) is 3. The molecule has 6 heteroatoms. The number of carbonyl (C=O) groups excluding carboxylic acids is 1. The third-order valence-corrected chi connectivity index (χ3v) is 3.08. The minimum absolute atomic E-state index is 0.0249. The van der Waals surface area contributed by atoms with E-state index in [2.05, 4.69) is 25.8 Å². The average molecular weight is 287 g/mol. The molecule has 1 aromatic heterocycles. The first-order valence-electron chi connectivity index (χ1n) is 7.11. The van der Waals surface area contributed by atoms with E-state index < -0.39 is 0 Å². The van der Waals surface area contributed by atoms with Crippen LogP contribution in [0.1, 0.15) is 26.1 Å². The number of H-pyrrole nitrogens is 1. The van der Waals surface area contributed by atoms with Crippen molar-refractivity contribution in [1.29, 1.82) is 0 Å². The summed E-state index contributed by atoms with van der Waals surface area (Å²) < 4.78 is 0. The summed E-state index contributed by atoms with van der Waals surface area (Å²) in [4.78, 5) is 16.4. The van der Waals surface area contributed by atoms with Crippen molar-refractivity contribution in [3.05, 3.63) is 30.1 Å². The first-order chi connectivity index (χ1) is 10.1. The molecule has 1 atom stereocenters. The molecule has 0 spiro atoms. The number of hydrogen-bond acceptors (Lipinski definition) is 4. The molecule has 1 aromatic carbocycles. The minimum Gasteiger partial charge on any atom is -0.325 e. The van der Waals surface area contributed by atoms with Gasteiger partial charge >= 0.3 is 0 Å². The molecule has 0 aliphatic carbocycles. The normalized spacial score (nSPS) is 12.1. The number of nitrogens with one attached hydrogen (secondary N) is 3. The lowest BCUT2D eigenvalue weighted by Gasteiger charge is -2.13. The quantitative estimate of drug-likeness (QED) is 0.760. The van der Waals surface area contributed by atoms with E-state index >= 15 is 0 Å². The fourth-order valence-corrected chi connectivity index (χ4v) is 2.15. The molecule has 0 saturated carbocycles. The maximum absolute atomic E-state index is 12.1. The predicted octanol–water partition coefficient (Wildman–Crippen LogP) is 2.11. The Bertz CT molecular complexity index is 608. The molecule has 0 aliphatic heterocycles. The monoisotopic (exact) mass is 287 g/mol. The van der Waals surface area contributed by atoms with Crippen LogP contribution in [0.3, 0.4) is 0 Å². The fourth-order valence-electron chi connectivity index (χ4n) is 2.15. The summed E-state index contributed by atoms with van der Waals surface area (Å²) in [5.74, 6) is 1.30. The van der Waals surface area contributed by atoms with Crippen molar-refractivity contribution in [2.24, 2.45) is 0 Å². The largest absolute Gasteiger partial charge is 0.325 e. The lowest BCUT2D eigenvalue weighted by atomic mass is 10.1. The van der Waals surface area contributed by atoms with Crippen LogP contribution >= 0.6 is 0 Å². The summed E-state index contributed by atoms with van der Waals surface area (Å²) in [6, 6.07) is 7.68. The Morgan fingerprint density at radius 3 is 2.81 bits per heavy atom. The van der Waals surface area contributed by atoms with Gasteiger partial charge in [0.1, 0.15) is 5.82 Å². The van der Waals surface area contributed by atoms with E-state index in [1.807, 2.05) is 45.0 Å². The highest BCUT2D eigenvalue weighted by Crippen LogP contribution is 2.24. The molecular formula is C15H21N5O. The van der Waals surface area contributed by atoms with Gasteiger partial charge in [-0.1, -0.05) is 19.1 Å². The van der Waals surface area contributed by atoms with E-state index in [-0.39, 0.29) is 11.9 Å². The van der Waals surface area contributed by atoms with Gasteiger partial charge in [-0.15, -0.1) is 0 Å². The maximum atomic E-state index is 12.1. The van der Waals surface area contributed by atoms with Crippen LogP contribution in [0.2, 0.25) is 0 Å². The number of rotatable bonds is 6. The van der Waals surface area contributed by atoms with Crippen molar-refractivity contribution in [3.8, 4) is 11.4 Å². The number of anilines is 1. The van der Waals surface area contributed by atoms with Crippen LogP contribution < -0.4 is 10.6 Å². The number of aryl methyl sites for hydroxylation is 1. The van der Waals surface area contributed by atoms with Crippen LogP contribution in [0.4, 0.5) is 5.69 Å². The molecule has 0 saturated heterocycles. The van der Waals surface area contributed by atoms with Gasteiger partial charge in [0.15, 0.2) is 5.82 Å². The van der Waals surface area contributed by atoms with Crippen molar-refractivity contribution in [2.75, 3.05) is 11.9 Å². The first-order valence-corrected chi connectivity index (χ1v) is 7.11. The summed E-state index contributed by atoms with van der Waals surface area (Å²) in [6.07, 6.45) is 0.426. The molecule has 112 valence electrons. The molecule has 0 fully saturated rings. The third kappa shape index (κ3) is 4.13. The molecule has 3 N–H and O–H groups in total. The zero-order valence-corrected chi connectivity index (χ0v) is 12.6. The van der Waals surface area contributed by atoms with Crippen molar-refractivity contribution >= 4 is 11.6 Å². The summed E-state index contributed by atoms with van der Waals surface area (Å²) in [7, 11) is 0. The first kappa shape index (κ1) is 15.2. The van der Waals surface area contributed by atoms with Gasteiger partial charge in [-0.3, -0.25) is 9.89 Å². The summed E-state index contributed by atoms with van der Waals surface area (Å²) in [5.41, 5.74) is 1.54. The van der Waals surface area contributed by atoms with Crippen molar-refractivity contribution in [1.82, 2.24) is 20.5 Å². The van der Waals surface area contributed by atoms with Crippen molar-refractivity contribution < 1.29 is 4.79 Å². The summed E-state index contributed by atoms with van der Waals surface area (Å²) in [6.45, 7) is 6.71. The topological polar surface area (TPSA) is 82.7 Å². The molecule has 1 unspecified atom stereocenters. The Hall–Kier alpha value is -2.21. The summed E-state index contributed by atoms with van der Waals surface area (Å²) >= 11 is 0. The number of para-hydroxylation sites is 1. The van der Waals surface area contributed by atoms with E-state index in [4.69, 9.17) is 0 Å². The third-order valence-electron chi connectivity index (χ3n) is 3.08. The molecule has 1 amide bonds. The Balaban J connectivity index is 2.12. The van der Waals surface area contributed by atoms with E-state index in [0.29, 0.717) is 12.2 Å². The second-order valence-electron chi connectivity index (χ2n) is 5.00. The molecule has 0 radical (unpaired) electrons. The Morgan fingerprint density at radius 1 is 1.38 bits per heavy atom. The molecule has 0 aliphatic rings. The van der Waals surface area contributed by atoms with Gasteiger partial charge in [-0.25, -0.2) is 4.98 Å². The number of carbonyl (C=O) groups is 1. The molecular weight excluding hydrogens is 266 g/mol. The Labute approximate surface area is 124 Å². The Morgan fingerprint density at radius 2 is 2.14 bits per heavy atom. The zero-order valence-electron chi connectivity index (χ0n) is 12.6. The standard InChI is InChI=1S/C15H21N5O/c1-4-16-10(2)9-14(21)18-13-8-6-5-7-12(13)15-17-11(3)19-20-15/h5-8,10,16H,4,9H2,1-3H3,(H,18,21)(H,17,19,20). The number of aromatic nitrogens is 3. The molecule has 6 nitrogen and oxygen atoms in total. The zero-order chi connectivity index (χ0) is 15.2. The van der Waals surface area contributed by atoms with Crippen molar-refractivity contribution in [3.63, 3.8) is 0 Å². The van der Waals surface area contributed by atoms with E-state index in [1.54, 1.807) is 0 Å². The maximum Gasteiger partial charge on any atom is 0.225 e. The van der Waals surface area contributed by atoms with Crippen LogP contribution in [-0.2, 0) is 4.79 Å². The van der Waals surface area contributed by atoms with Crippen molar-refractivity contribution in [2.45, 2.75) is 33.2 Å². The van der Waals surface area contributed by atoms with Crippen LogP contribution in [0, 0.1) is 6.92 Å². The highest BCUT2D eigenvalue weighted by molar-refractivity contribution is 5.94. The number of nitrogens with zero attached hydrogens (tertiary/aromatic N) is 2. The average Bonchev–Trinajstić information content (AvgIpc) is 2.86. The molecule has 1 heterocycles. The predicted molar refractivity (Wildman–Crippen MR) is 82.9 cm³/mol. The van der Waals surface area contributed by atoms with Gasteiger partial charge < -0.3 is 10.6 Å². The van der Waals surface area contributed by atoms with E-state index in [1.165, 1.54) is 0 Å². The van der Waals surface area contributed by atoms with Crippen LogP contribution in [0.15, 0.2) is 24.3 Å². The SMILES string of the molecule is CCNC(C)CC(=O)Nc1ccccc1-c1n[nH]c(C)n1. The number of aromatic amines is 1. The second kappa shape index (κ2) is 6.99. The smallest absolute Gasteiger partial charge is 0.225 e. The van der Waals surface area contributed by atoms with Crippen LogP contribution in [-0.4, -0.2) is 33.7 Å². The Kier molecular flexibility index (Phi) is 5.05. The molecule has 2 aromatic rings. The van der Waals surface area contributed by atoms with E-state index in [9.17, 15) is 4.79 Å². The van der Waals surface area contributed by atoms with Gasteiger partial charge in [-0.2, -0.15) is 5.10 Å². The fraction of sp³-hybridized carbons (Fsp3) is 0.400. The van der Waals surface area contributed by atoms with Gasteiger partial charge in [-0.05, 0) is 32.5 Å². The lowest BCUT2D eigenvalue weighted by molar-refractivity contribution is -0.116. The molecule has 2 rings (SSSR count). The van der Waals surface area contributed by atoms with Gasteiger partial charge in [0.05, 0.1) is 5.69 Å². The highest BCUT2D eigenvalue weighted by atomic mass is 16.1. The molecule has 0 bridgehead atoms. The van der Waals surface area contributed by atoms with Gasteiger partial charge in [0.2, 0.25) is 5.91 Å². The van der Waals surface area contributed by atoms with Crippen LogP contribution in [0.25, 0.3) is 11.4 Å². The molecule has 21 heavy (non-hydrogen) atoms. The van der Waals surface area contributed by atoms with Gasteiger partial charge in [0.25, 0.3) is 0 Å². The second-order valence-corrected chi connectivity index (χ2v) is 5.00. The van der Waals surface area contributed by atoms with E-state index in [0.717, 1.165) is 23.6 Å². The van der Waals surface area contributed by atoms with Crippen LogP contribution in [0.5, 0.6) is 0 Å². The lowest BCUT2D eigenvalue weighted by Crippen LogP contribution is -2.30. The number of benzene rings is 1. The number of amides is 1. The van der Waals surface area contributed by atoms with Gasteiger partial charge in [0, 0.05) is 18.0 Å². The minimum atomic E-state index is -0.0249.